The van der Waals surface area contributed by atoms with Crippen LogP contribution >= 0.6 is 0 Å². The second kappa shape index (κ2) is 5.66. The second-order valence-electron chi connectivity index (χ2n) is 5.02. The first kappa shape index (κ1) is 16.2. The Morgan fingerprint density at radius 1 is 1.35 bits per heavy atom. The van der Waals surface area contributed by atoms with E-state index >= 15 is 0 Å². The molecule has 0 saturated carbocycles. The number of nitro benzene ring substituents is 1. The maximum atomic E-state index is 12.5. The zero-order valence-corrected chi connectivity index (χ0v) is 11.0. The first-order valence-electron chi connectivity index (χ1n) is 5.78. The second-order valence-corrected chi connectivity index (χ2v) is 5.02. The van der Waals surface area contributed by atoms with Crippen LogP contribution in [0.1, 0.15) is 25.8 Å². The predicted molar refractivity (Wildman–Crippen MR) is 66.5 cm³/mol. The Bertz CT molecular complexity index is 496. The molecule has 5 nitrogen and oxygen atoms in total. The molecule has 20 heavy (non-hydrogen) atoms. The van der Waals surface area contributed by atoms with E-state index in [1.54, 1.807) is 13.8 Å². The van der Waals surface area contributed by atoms with Gasteiger partial charge in [0.2, 0.25) is 0 Å². The number of rotatable bonds is 5. The van der Waals surface area contributed by atoms with Gasteiger partial charge in [-0.25, -0.2) is 0 Å². The van der Waals surface area contributed by atoms with Gasteiger partial charge >= 0.3 is 11.9 Å². The third kappa shape index (κ3) is 4.69. The maximum absolute atomic E-state index is 12.5. The van der Waals surface area contributed by atoms with Crippen molar-refractivity contribution in [2.75, 3.05) is 6.61 Å². The van der Waals surface area contributed by atoms with Crippen molar-refractivity contribution >= 4 is 5.69 Å². The van der Waals surface area contributed by atoms with Crippen LogP contribution in [0.25, 0.3) is 0 Å². The summed E-state index contributed by atoms with van der Waals surface area (Å²) in [5.74, 6) is -0.202. The summed E-state index contributed by atoms with van der Waals surface area (Å²) < 4.78 is 42.6. The molecule has 0 unspecified atom stereocenters. The molecule has 0 aliphatic carbocycles. The van der Waals surface area contributed by atoms with Crippen molar-refractivity contribution in [3.8, 4) is 5.75 Å². The van der Waals surface area contributed by atoms with E-state index in [-0.39, 0.29) is 12.4 Å². The van der Waals surface area contributed by atoms with Crippen molar-refractivity contribution in [3.63, 3.8) is 0 Å². The van der Waals surface area contributed by atoms with Crippen molar-refractivity contribution < 1.29 is 22.8 Å². The molecule has 0 radical (unpaired) electrons. The SMILES string of the molecule is CC(C)(N)CCOc1ccc(C(F)(F)F)cc1[N+](=O)[O-]. The monoisotopic (exact) mass is 292 g/mol. The van der Waals surface area contributed by atoms with Crippen LogP contribution < -0.4 is 10.5 Å². The summed E-state index contributed by atoms with van der Waals surface area (Å²) in [5.41, 5.74) is 3.39. The Morgan fingerprint density at radius 2 is 1.95 bits per heavy atom. The number of hydrogen-bond acceptors (Lipinski definition) is 4. The number of nitrogens with two attached hydrogens (primary N) is 1. The van der Waals surface area contributed by atoms with Gasteiger partial charge in [0.15, 0.2) is 5.75 Å². The smallest absolute Gasteiger partial charge is 0.416 e. The maximum Gasteiger partial charge on any atom is 0.416 e. The molecule has 8 heteroatoms. The highest BCUT2D eigenvalue weighted by Crippen LogP contribution is 2.36. The summed E-state index contributed by atoms with van der Waals surface area (Å²) in [6.07, 6.45) is -4.23. The van der Waals surface area contributed by atoms with Gasteiger partial charge in [-0.2, -0.15) is 13.2 Å². The van der Waals surface area contributed by atoms with Crippen molar-refractivity contribution in [2.45, 2.75) is 32.0 Å². The summed E-state index contributed by atoms with van der Waals surface area (Å²) in [6, 6.07) is 2.16. The molecule has 1 aromatic carbocycles. The quantitative estimate of drug-likeness (QED) is 0.668. The van der Waals surface area contributed by atoms with Crippen LogP contribution in [0.2, 0.25) is 0 Å². The van der Waals surface area contributed by atoms with E-state index in [1.807, 2.05) is 0 Å². The van der Waals surface area contributed by atoms with Gasteiger partial charge in [0.1, 0.15) is 0 Å². The summed E-state index contributed by atoms with van der Waals surface area (Å²) in [6.45, 7) is 3.57. The number of halogens is 3. The molecule has 0 spiro atoms. The lowest BCUT2D eigenvalue weighted by molar-refractivity contribution is -0.386. The zero-order chi connectivity index (χ0) is 15.6. The van der Waals surface area contributed by atoms with Crippen LogP contribution in [0, 0.1) is 10.1 Å². The van der Waals surface area contributed by atoms with Crippen LogP contribution in [0.15, 0.2) is 18.2 Å². The molecule has 0 saturated heterocycles. The van der Waals surface area contributed by atoms with Gasteiger partial charge in [-0.15, -0.1) is 0 Å². The largest absolute Gasteiger partial charge is 0.487 e. The number of nitro groups is 1. The molecule has 0 aliphatic heterocycles. The Labute approximate surface area is 113 Å². The number of benzene rings is 1. The minimum absolute atomic E-state index is 0.0791. The lowest BCUT2D eigenvalue weighted by atomic mass is 10.0. The first-order chi connectivity index (χ1) is 9.00. The van der Waals surface area contributed by atoms with Crippen molar-refractivity contribution in [1.29, 1.82) is 0 Å². The van der Waals surface area contributed by atoms with Gasteiger partial charge in [-0.05, 0) is 32.4 Å². The van der Waals surface area contributed by atoms with Crippen molar-refractivity contribution in [2.24, 2.45) is 5.73 Å². The molecule has 0 aromatic heterocycles. The molecular weight excluding hydrogens is 277 g/mol. The number of nitrogens with zero attached hydrogens (tertiary/aromatic N) is 1. The highest BCUT2D eigenvalue weighted by atomic mass is 19.4. The van der Waals surface area contributed by atoms with Crippen LogP contribution in [0.3, 0.4) is 0 Å². The van der Waals surface area contributed by atoms with Crippen LogP contribution in [-0.4, -0.2) is 17.1 Å². The number of ether oxygens (including phenoxy) is 1. The Kier molecular flexibility index (Phi) is 4.59. The number of alkyl halides is 3. The van der Waals surface area contributed by atoms with E-state index in [1.165, 1.54) is 0 Å². The summed E-state index contributed by atoms with van der Waals surface area (Å²) in [4.78, 5) is 9.89. The molecule has 0 aliphatic rings. The fourth-order valence-corrected chi connectivity index (χ4v) is 1.38. The Hall–Kier alpha value is -1.83. The van der Waals surface area contributed by atoms with Gasteiger partial charge < -0.3 is 10.5 Å². The molecule has 0 atom stereocenters. The third-order valence-corrected chi connectivity index (χ3v) is 2.49. The lowest BCUT2D eigenvalue weighted by Crippen LogP contribution is -2.33. The summed E-state index contributed by atoms with van der Waals surface area (Å²) in [5, 5.41) is 10.8. The van der Waals surface area contributed by atoms with Crippen molar-refractivity contribution in [3.05, 3.63) is 33.9 Å². The summed E-state index contributed by atoms with van der Waals surface area (Å²) >= 11 is 0. The van der Waals surface area contributed by atoms with Crippen LogP contribution in [0.5, 0.6) is 5.75 Å². The molecule has 2 N–H and O–H groups in total. The highest BCUT2D eigenvalue weighted by molar-refractivity contribution is 5.49. The average molecular weight is 292 g/mol. The Morgan fingerprint density at radius 3 is 2.40 bits per heavy atom. The predicted octanol–water partition coefficient (Wildman–Crippen LogP) is 3.12. The molecule has 0 fully saturated rings. The average Bonchev–Trinajstić information content (AvgIpc) is 2.25. The molecule has 1 aromatic rings. The molecule has 112 valence electrons. The Balaban J connectivity index is 2.94. The van der Waals surface area contributed by atoms with E-state index in [4.69, 9.17) is 10.5 Å². The molecule has 0 amide bonds. The van der Waals surface area contributed by atoms with E-state index in [2.05, 4.69) is 0 Å². The van der Waals surface area contributed by atoms with E-state index < -0.39 is 27.9 Å². The topological polar surface area (TPSA) is 78.4 Å². The van der Waals surface area contributed by atoms with Crippen LogP contribution in [-0.2, 0) is 6.18 Å². The van der Waals surface area contributed by atoms with Gasteiger partial charge in [-0.3, -0.25) is 10.1 Å². The molecule has 0 bridgehead atoms. The normalized spacial score (nSPS) is 12.3. The van der Waals surface area contributed by atoms with Crippen molar-refractivity contribution in [1.82, 2.24) is 0 Å². The fraction of sp³-hybridized carbons (Fsp3) is 0.500. The first-order valence-corrected chi connectivity index (χ1v) is 5.78. The van der Waals surface area contributed by atoms with E-state index in [0.29, 0.717) is 12.5 Å². The zero-order valence-electron chi connectivity index (χ0n) is 11.0. The van der Waals surface area contributed by atoms with Gasteiger partial charge in [0.25, 0.3) is 0 Å². The third-order valence-electron chi connectivity index (χ3n) is 2.49. The van der Waals surface area contributed by atoms with E-state index in [0.717, 1.165) is 12.1 Å². The van der Waals surface area contributed by atoms with Gasteiger partial charge in [0.05, 0.1) is 17.1 Å². The standard InChI is InChI=1S/C12H15F3N2O3/c1-11(2,16)5-6-20-10-4-3-8(12(13,14)15)7-9(10)17(18)19/h3-4,7H,5-6,16H2,1-2H3. The fourth-order valence-electron chi connectivity index (χ4n) is 1.38. The molecule has 0 heterocycles. The highest BCUT2D eigenvalue weighted by Gasteiger charge is 2.33. The summed E-state index contributed by atoms with van der Waals surface area (Å²) in [7, 11) is 0. The van der Waals surface area contributed by atoms with Gasteiger partial charge in [-0.1, -0.05) is 0 Å². The lowest BCUT2D eigenvalue weighted by Gasteiger charge is -2.18. The van der Waals surface area contributed by atoms with E-state index in [9.17, 15) is 23.3 Å². The minimum atomic E-state index is -4.64. The van der Waals surface area contributed by atoms with Crippen LogP contribution in [0.4, 0.5) is 18.9 Å². The van der Waals surface area contributed by atoms with Gasteiger partial charge in [0, 0.05) is 11.6 Å². The minimum Gasteiger partial charge on any atom is -0.487 e. The molecule has 1 rings (SSSR count). The number of hydrogen-bond donors (Lipinski definition) is 1. The molecular formula is C12H15F3N2O3.